The summed E-state index contributed by atoms with van der Waals surface area (Å²) in [5, 5.41) is 6.44. The number of rotatable bonds is 2. The largest absolute Gasteiger partial charge is 0.356 e. The molecule has 0 aromatic carbocycles. The average molecular weight is 260 g/mol. The summed E-state index contributed by atoms with van der Waals surface area (Å²) in [6, 6.07) is 2.00. The first kappa shape index (κ1) is 11.9. The van der Waals surface area contributed by atoms with E-state index in [9.17, 15) is 4.79 Å². The Balaban J connectivity index is 1.68. The van der Waals surface area contributed by atoms with Gasteiger partial charge >= 0.3 is 5.69 Å². The SMILES string of the molecule is Cc1cc(N2CCC(c3n[nH]c(=O)[nH]3)CC2)ncn1. The Bertz CT molecular complexity index is 610. The topological polar surface area (TPSA) is 90.6 Å². The van der Waals surface area contributed by atoms with Gasteiger partial charge in [0.25, 0.3) is 0 Å². The van der Waals surface area contributed by atoms with Crippen LogP contribution in [0.2, 0.25) is 0 Å². The molecule has 0 spiro atoms. The molecule has 0 saturated carbocycles. The molecule has 7 heteroatoms. The van der Waals surface area contributed by atoms with Crippen molar-refractivity contribution >= 4 is 5.82 Å². The lowest BCUT2D eigenvalue weighted by atomic mass is 9.96. The van der Waals surface area contributed by atoms with Gasteiger partial charge in [-0.2, -0.15) is 5.10 Å². The fourth-order valence-electron chi connectivity index (χ4n) is 2.47. The number of H-pyrrole nitrogens is 2. The summed E-state index contributed by atoms with van der Waals surface area (Å²) >= 11 is 0. The number of anilines is 1. The van der Waals surface area contributed by atoms with Gasteiger partial charge in [0, 0.05) is 30.8 Å². The number of nitrogens with zero attached hydrogens (tertiary/aromatic N) is 4. The quantitative estimate of drug-likeness (QED) is 0.824. The van der Waals surface area contributed by atoms with Gasteiger partial charge in [-0.25, -0.2) is 19.9 Å². The maximum atomic E-state index is 11.1. The first-order valence-corrected chi connectivity index (χ1v) is 6.40. The van der Waals surface area contributed by atoms with E-state index in [1.807, 2.05) is 13.0 Å². The molecule has 1 saturated heterocycles. The second kappa shape index (κ2) is 4.83. The number of aryl methyl sites for hydroxylation is 1. The van der Waals surface area contributed by atoms with Crippen LogP contribution in [0, 0.1) is 6.92 Å². The molecule has 1 fully saturated rings. The van der Waals surface area contributed by atoms with Gasteiger partial charge in [0.2, 0.25) is 0 Å². The van der Waals surface area contributed by atoms with Crippen LogP contribution in [0.4, 0.5) is 5.82 Å². The van der Waals surface area contributed by atoms with Crippen molar-refractivity contribution in [3.8, 4) is 0 Å². The van der Waals surface area contributed by atoms with Gasteiger partial charge in [0.1, 0.15) is 18.0 Å². The van der Waals surface area contributed by atoms with Crippen LogP contribution in [0.5, 0.6) is 0 Å². The highest BCUT2D eigenvalue weighted by molar-refractivity contribution is 5.39. The highest BCUT2D eigenvalue weighted by Gasteiger charge is 2.23. The first-order valence-electron chi connectivity index (χ1n) is 6.40. The Morgan fingerprint density at radius 2 is 2.11 bits per heavy atom. The fraction of sp³-hybridized carbons (Fsp3) is 0.500. The Labute approximate surface area is 110 Å². The molecule has 3 rings (SSSR count). The van der Waals surface area contributed by atoms with E-state index in [4.69, 9.17) is 0 Å². The molecule has 100 valence electrons. The molecule has 0 aliphatic carbocycles. The highest BCUT2D eigenvalue weighted by Crippen LogP contribution is 2.27. The molecule has 0 atom stereocenters. The number of hydrogen-bond acceptors (Lipinski definition) is 5. The third-order valence-corrected chi connectivity index (χ3v) is 3.51. The van der Waals surface area contributed by atoms with E-state index < -0.39 is 0 Å². The second-order valence-electron chi connectivity index (χ2n) is 4.84. The Morgan fingerprint density at radius 1 is 1.32 bits per heavy atom. The molecule has 1 aliphatic rings. The van der Waals surface area contributed by atoms with Gasteiger partial charge < -0.3 is 4.90 Å². The van der Waals surface area contributed by atoms with Crippen LogP contribution in [0.3, 0.4) is 0 Å². The second-order valence-corrected chi connectivity index (χ2v) is 4.84. The van der Waals surface area contributed by atoms with Gasteiger partial charge in [0.05, 0.1) is 0 Å². The lowest BCUT2D eigenvalue weighted by Crippen LogP contribution is -2.34. The summed E-state index contributed by atoms with van der Waals surface area (Å²) in [7, 11) is 0. The summed E-state index contributed by atoms with van der Waals surface area (Å²) in [6.45, 7) is 3.79. The van der Waals surface area contributed by atoms with Crippen LogP contribution < -0.4 is 10.6 Å². The summed E-state index contributed by atoms with van der Waals surface area (Å²) < 4.78 is 0. The minimum atomic E-state index is -0.233. The van der Waals surface area contributed by atoms with Crippen molar-refractivity contribution in [3.05, 3.63) is 34.4 Å². The molecule has 3 heterocycles. The van der Waals surface area contributed by atoms with E-state index >= 15 is 0 Å². The molecule has 19 heavy (non-hydrogen) atoms. The molecule has 2 aromatic heterocycles. The molecular weight excluding hydrogens is 244 g/mol. The third-order valence-electron chi connectivity index (χ3n) is 3.51. The van der Waals surface area contributed by atoms with Crippen LogP contribution in [0.15, 0.2) is 17.2 Å². The minimum absolute atomic E-state index is 0.233. The number of hydrogen-bond donors (Lipinski definition) is 2. The van der Waals surface area contributed by atoms with Crippen molar-refractivity contribution in [1.82, 2.24) is 25.1 Å². The van der Waals surface area contributed by atoms with E-state index in [2.05, 4.69) is 30.0 Å². The lowest BCUT2D eigenvalue weighted by Gasteiger charge is -2.31. The van der Waals surface area contributed by atoms with Crippen LogP contribution in [0.1, 0.15) is 30.3 Å². The van der Waals surface area contributed by atoms with E-state index in [0.717, 1.165) is 43.3 Å². The van der Waals surface area contributed by atoms with Crippen molar-refractivity contribution in [2.24, 2.45) is 0 Å². The number of nitrogens with one attached hydrogen (secondary N) is 2. The Hall–Kier alpha value is -2.18. The van der Waals surface area contributed by atoms with Gasteiger partial charge in [-0.15, -0.1) is 0 Å². The van der Waals surface area contributed by atoms with E-state index in [0.29, 0.717) is 5.92 Å². The van der Waals surface area contributed by atoms with Gasteiger partial charge in [-0.3, -0.25) is 4.98 Å². The van der Waals surface area contributed by atoms with Crippen LogP contribution in [-0.4, -0.2) is 38.2 Å². The molecule has 7 nitrogen and oxygen atoms in total. The predicted molar refractivity (Wildman–Crippen MR) is 70.2 cm³/mol. The predicted octanol–water partition coefficient (Wildman–Crippen LogP) is 0.580. The zero-order valence-electron chi connectivity index (χ0n) is 10.8. The summed E-state index contributed by atoms with van der Waals surface area (Å²) in [4.78, 5) is 24.5. The van der Waals surface area contributed by atoms with Crippen molar-refractivity contribution in [3.63, 3.8) is 0 Å². The fourth-order valence-corrected chi connectivity index (χ4v) is 2.47. The average Bonchev–Trinajstić information content (AvgIpc) is 2.86. The Kier molecular flexibility index (Phi) is 3.02. The minimum Gasteiger partial charge on any atom is -0.356 e. The van der Waals surface area contributed by atoms with E-state index in [1.54, 1.807) is 6.33 Å². The molecule has 0 bridgehead atoms. The van der Waals surface area contributed by atoms with Crippen molar-refractivity contribution < 1.29 is 0 Å². The van der Waals surface area contributed by atoms with Crippen LogP contribution in [0.25, 0.3) is 0 Å². The smallest absolute Gasteiger partial charge is 0.340 e. The third kappa shape index (κ3) is 2.49. The summed E-state index contributed by atoms with van der Waals surface area (Å²) in [6.07, 6.45) is 3.52. The number of piperidine rings is 1. The maximum absolute atomic E-state index is 11.1. The van der Waals surface area contributed by atoms with E-state index in [-0.39, 0.29) is 5.69 Å². The normalized spacial score (nSPS) is 16.8. The number of aromatic nitrogens is 5. The first-order chi connectivity index (χ1) is 9.22. The molecule has 0 unspecified atom stereocenters. The number of aromatic amines is 2. The summed E-state index contributed by atoms with van der Waals surface area (Å²) in [5.41, 5.74) is 0.743. The van der Waals surface area contributed by atoms with Gasteiger partial charge in [-0.1, -0.05) is 0 Å². The van der Waals surface area contributed by atoms with Crippen LogP contribution >= 0.6 is 0 Å². The molecule has 2 N–H and O–H groups in total. The maximum Gasteiger partial charge on any atom is 0.340 e. The molecule has 2 aromatic rings. The summed E-state index contributed by atoms with van der Waals surface area (Å²) in [5.74, 6) is 2.06. The van der Waals surface area contributed by atoms with Crippen LogP contribution in [-0.2, 0) is 0 Å². The lowest BCUT2D eigenvalue weighted by molar-refractivity contribution is 0.484. The van der Waals surface area contributed by atoms with Gasteiger partial charge in [0.15, 0.2) is 0 Å². The van der Waals surface area contributed by atoms with Crippen molar-refractivity contribution in [2.75, 3.05) is 18.0 Å². The Morgan fingerprint density at radius 3 is 2.74 bits per heavy atom. The standard InChI is InChI=1S/C12H16N6O/c1-8-6-10(14-7-13-8)18-4-2-9(3-5-18)11-15-12(19)17-16-11/h6-7,9H,2-5H2,1H3,(H2,15,16,17,19). The molecule has 1 aliphatic heterocycles. The van der Waals surface area contributed by atoms with E-state index in [1.165, 1.54) is 0 Å². The van der Waals surface area contributed by atoms with Gasteiger partial charge in [-0.05, 0) is 19.8 Å². The molecule has 0 amide bonds. The van der Waals surface area contributed by atoms with Crippen molar-refractivity contribution in [1.29, 1.82) is 0 Å². The van der Waals surface area contributed by atoms with Crippen molar-refractivity contribution in [2.45, 2.75) is 25.7 Å². The highest BCUT2D eigenvalue weighted by atomic mass is 16.1. The monoisotopic (exact) mass is 260 g/mol. The zero-order chi connectivity index (χ0) is 13.2. The molecular formula is C12H16N6O. The zero-order valence-corrected chi connectivity index (χ0v) is 10.8. The molecule has 0 radical (unpaired) electrons.